The average Bonchev–Trinajstić information content (AvgIpc) is 3.51. The number of carbonyl (C=O) groups excluding carboxylic acids is 1. The van der Waals surface area contributed by atoms with Crippen LogP contribution in [0.15, 0.2) is 61.1 Å². The zero-order valence-electron chi connectivity index (χ0n) is 19.2. The van der Waals surface area contributed by atoms with Crippen LogP contribution in [0.2, 0.25) is 0 Å². The van der Waals surface area contributed by atoms with Gasteiger partial charge in [0.1, 0.15) is 23.8 Å². The van der Waals surface area contributed by atoms with Crippen molar-refractivity contribution in [3.05, 3.63) is 89.8 Å². The van der Waals surface area contributed by atoms with Crippen molar-refractivity contribution in [3.63, 3.8) is 0 Å². The van der Waals surface area contributed by atoms with Crippen molar-refractivity contribution in [3.8, 4) is 22.6 Å². The zero-order valence-corrected chi connectivity index (χ0v) is 19.2. The van der Waals surface area contributed by atoms with Gasteiger partial charge in [-0.25, -0.2) is 28.1 Å². The molecule has 0 saturated carbocycles. The second-order valence-electron chi connectivity index (χ2n) is 8.01. The molecule has 0 radical (unpaired) electrons. The summed E-state index contributed by atoms with van der Waals surface area (Å²) in [5.41, 5.74) is 4.16. The lowest BCUT2D eigenvalue weighted by Gasteiger charge is -2.07. The summed E-state index contributed by atoms with van der Waals surface area (Å²) >= 11 is 0. The predicted octanol–water partition coefficient (Wildman–Crippen LogP) is 4.24. The molecule has 0 spiro atoms. The van der Waals surface area contributed by atoms with Crippen molar-refractivity contribution in [2.75, 3.05) is 6.54 Å². The number of rotatable bonds is 7. The molecule has 0 atom stereocenters. The van der Waals surface area contributed by atoms with Crippen molar-refractivity contribution in [1.29, 1.82) is 0 Å². The number of alkyl carbamates (subject to hydrolysis) is 1. The van der Waals surface area contributed by atoms with E-state index in [4.69, 9.17) is 4.74 Å². The van der Waals surface area contributed by atoms with E-state index in [0.29, 0.717) is 28.6 Å². The molecule has 0 aliphatic carbocycles. The maximum Gasteiger partial charge on any atom is 0.407 e. The van der Waals surface area contributed by atoms with Crippen molar-refractivity contribution in [2.45, 2.75) is 20.0 Å². The topological polar surface area (TPSA) is 110 Å². The number of halogens is 2. The molecule has 0 aliphatic heterocycles. The lowest BCUT2D eigenvalue weighted by atomic mass is 10.1. The van der Waals surface area contributed by atoms with Gasteiger partial charge in [0.25, 0.3) is 0 Å². The normalized spacial score (nSPS) is 11.1. The number of amides is 1. The molecule has 4 heterocycles. The van der Waals surface area contributed by atoms with E-state index in [1.165, 1.54) is 24.5 Å². The van der Waals surface area contributed by atoms with Crippen molar-refractivity contribution < 1.29 is 18.3 Å². The molecule has 182 valence electrons. The Hall–Kier alpha value is -4.67. The van der Waals surface area contributed by atoms with Gasteiger partial charge < -0.3 is 15.0 Å². The predicted molar refractivity (Wildman–Crippen MR) is 127 cm³/mol. The first-order valence-electron chi connectivity index (χ1n) is 11.1. The van der Waals surface area contributed by atoms with E-state index in [1.54, 1.807) is 10.7 Å². The van der Waals surface area contributed by atoms with Gasteiger partial charge in [-0.15, -0.1) is 0 Å². The van der Waals surface area contributed by atoms with Crippen LogP contribution in [0.1, 0.15) is 17.1 Å². The van der Waals surface area contributed by atoms with Crippen LogP contribution in [-0.2, 0) is 17.8 Å². The van der Waals surface area contributed by atoms with E-state index < -0.39 is 17.7 Å². The van der Waals surface area contributed by atoms with Gasteiger partial charge in [-0.05, 0) is 49.7 Å². The molecule has 5 aromatic rings. The smallest absolute Gasteiger partial charge is 0.407 e. The highest BCUT2D eigenvalue weighted by Gasteiger charge is 2.17. The first kappa shape index (κ1) is 23.1. The lowest BCUT2D eigenvalue weighted by molar-refractivity contribution is 0.137. The molecule has 9 nitrogen and oxygen atoms in total. The van der Waals surface area contributed by atoms with Gasteiger partial charge in [-0.3, -0.25) is 4.98 Å². The van der Waals surface area contributed by atoms with Crippen LogP contribution in [0, 0.1) is 18.6 Å². The van der Waals surface area contributed by atoms with Crippen molar-refractivity contribution >= 4 is 11.7 Å². The number of hydrogen-bond donors (Lipinski definition) is 2. The third kappa shape index (κ3) is 4.90. The van der Waals surface area contributed by atoms with E-state index in [-0.39, 0.29) is 25.1 Å². The van der Waals surface area contributed by atoms with E-state index in [1.807, 2.05) is 37.3 Å². The number of ether oxygens (including phenoxy) is 1. The van der Waals surface area contributed by atoms with Crippen LogP contribution in [-0.4, -0.2) is 42.2 Å². The minimum Gasteiger partial charge on any atom is -0.441 e. The summed E-state index contributed by atoms with van der Waals surface area (Å²) in [6, 6.07) is 13.0. The van der Waals surface area contributed by atoms with Crippen LogP contribution in [0.4, 0.5) is 13.6 Å². The fourth-order valence-corrected chi connectivity index (χ4v) is 3.77. The molecule has 2 N–H and O–H groups in total. The number of benzene rings is 1. The van der Waals surface area contributed by atoms with Gasteiger partial charge in [-0.1, -0.05) is 12.1 Å². The highest BCUT2D eigenvalue weighted by molar-refractivity contribution is 5.77. The first-order valence-corrected chi connectivity index (χ1v) is 11.1. The SMILES string of the molecule is Cc1cccc(-c2[nH]c(COC(=O)NCCc3c(F)cccc3F)nc2-c2ccc3ncnn3c2)n1. The fourth-order valence-electron chi connectivity index (χ4n) is 3.77. The van der Waals surface area contributed by atoms with Gasteiger partial charge in [0, 0.05) is 29.6 Å². The Kier molecular flexibility index (Phi) is 6.35. The number of fused-ring (bicyclic) bond motifs is 1. The monoisotopic (exact) mass is 489 g/mol. The molecule has 0 fully saturated rings. The molecule has 36 heavy (non-hydrogen) atoms. The standard InChI is InChI=1S/C25H21F2N7O2/c1-15-4-2-7-20(31-15)24-23(16-8-9-22-29-14-30-34(22)12-16)32-21(33-24)13-36-25(35)28-11-10-17-18(26)5-3-6-19(17)27/h2-9,12,14H,10-11,13H2,1H3,(H,28,35)(H,32,33). The van der Waals surface area contributed by atoms with Gasteiger partial charge in [0.05, 0.1) is 17.1 Å². The number of carbonyl (C=O) groups is 1. The second kappa shape index (κ2) is 9.90. The Morgan fingerprint density at radius 1 is 1.08 bits per heavy atom. The minimum atomic E-state index is -0.732. The van der Waals surface area contributed by atoms with Gasteiger partial charge in [0.2, 0.25) is 0 Å². The van der Waals surface area contributed by atoms with Crippen molar-refractivity contribution in [1.82, 2.24) is 34.9 Å². The van der Waals surface area contributed by atoms with Gasteiger partial charge >= 0.3 is 6.09 Å². The fraction of sp³-hybridized carbons (Fsp3) is 0.160. The van der Waals surface area contributed by atoms with Gasteiger partial charge in [-0.2, -0.15) is 5.10 Å². The molecule has 0 saturated heterocycles. The Morgan fingerprint density at radius 3 is 2.69 bits per heavy atom. The highest BCUT2D eigenvalue weighted by Crippen LogP contribution is 2.29. The summed E-state index contributed by atoms with van der Waals surface area (Å²) in [4.78, 5) is 28.8. The lowest BCUT2D eigenvalue weighted by Crippen LogP contribution is -2.27. The van der Waals surface area contributed by atoms with E-state index in [0.717, 1.165) is 11.3 Å². The third-order valence-corrected chi connectivity index (χ3v) is 5.49. The van der Waals surface area contributed by atoms with Crippen LogP contribution >= 0.6 is 0 Å². The number of hydrogen-bond acceptors (Lipinski definition) is 6. The summed E-state index contributed by atoms with van der Waals surface area (Å²) in [7, 11) is 0. The Morgan fingerprint density at radius 2 is 1.89 bits per heavy atom. The zero-order chi connectivity index (χ0) is 25.1. The molecular formula is C25H21F2N7O2. The molecule has 0 unspecified atom stereocenters. The molecule has 11 heteroatoms. The summed E-state index contributed by atoms with van der Waals surface area (Å²) in [6.45, 7) is 1.75. The summed E-state index contributed by atoms with van der Waals surface area (Å²) < 4.78 is 34.4. The number of nitrogens with zero attached hydrogens (tertiary/aromatic N) is 5. The molecule has 1 aromatic carbocycles. The number of nitrogens with one attached hydrogen (secondary N) is 2. The number of aromatic nitrogens is 6. The maximum absolute atomic E-state index is 13.7. The Labute approximate surface area is 204 Å². The first-order chi connectivity index (χ1) is 17.5. The summed E-state index contributed by atoms with van der Waals surface area (Å²) in [5, 5.41) is 6.67. The van der Waals surface area contributed by atoms with Crippen LogP contribution in [0.5, 0.6) is 0 Å². The van der Waals surface area contributed by atoms with E-state index >= 15 is 0 Å². The number of H-pyrrole nitrogens is 1. The number of aromatic amines is 1. The highest BCUT2D eigenvalue weighted by atomic mass is 19.1. The summed E-state index contributed by atoms with van der Waals surface area (Å²) in [5.74, 6) is -0.915. The van der Waals surface area contributed by atoms with Crippen LogP contribution in [0.3, 0.4) is 0 Å². The quantitative estimate of drug-likeness (QED) is 0.354. The summed E-state index contributed by atoms with van der Waals surface area (Å²) in [6.07, 6.45) is 2.53. The van der Waals surface area contributed by atoms with Crippen LogP contribution in [0.25, 0.3) is 28.3 Å². The maximum atomic E-state index is 13.7. The number of imidazole rings is 1. The molecule has 4 aromatic heterocycles. The molecule has 0 bridgehead atoms. The third-order valence-electron chi connectivity index (χ3n) is 5.49. The second-order valence-corrected chi connectivity index (χ2v) is 8.01. The van der Waals surface area contributed by atoms with Crippen LogP contribution < -0.4 is 5.32 Å². The van der Waals surface area contributed by atoms with Crippen molar-refractivity contribution in [2.24, 2.45) is 0 Å². The Balaban J connectivity index is 1.31. The largest absolute Gasteiger partial charge is 0.441 e. The van der Waals surface area contributed by atoms with Gasteiger partial charge in [0.15, 0.2) is 12.3 Å². The number of pyridine rings is 2. The average molecular weight is 489 g/mol. The molecule has 0 aliphatic rings. The molecular weight excluding hydrogens is 468 g/mol. The molecule has 1 amide bonds. The minimum absolute atomic E-state index is 0.00749. The molecule has 5 rings (SSSR count). The van der Waals surface area contributed by atoms with E-state index in [2.05, 4.69) is 30.4 Å². The van der Waals surface area contributed by atoms with E-state index in [9.17, 15) is 13.6 Å². The Bertz CT molecular complexity index is 1530. The number of aryl methyl sites for hydroxylation is 1.